The molecular formula is C12H18O2S. The number of ether oxygens (including phenoxy) is 2. The van der Waals surface area contributed by atoms with Gasteiger partial charge in [0.05, 0.1) is 4.88 Å². The van der Waals surface area contributed by atoms with Crippen molar-refractivity contribution in [1.82, 2.24) is 0 Å². The van der Waals surface area contributed by atoms with E-state index in [1.165, 1.54) is 4.88 Å². The SMILES string of the molecule is CC(c1scc2c1OCCO2)C(C)(C)C. The van der Waals surface area contributed by atoms with Crippen molar-refractivity contribution < 1.29 is 9.47 Å². The summed E-state index contributed by atoms with van der Waals surface area (Å²) in [6.07, 6.45) is 0. The first kappa shape index (κ1) is 10.8. The van der Waals surface area contributed by atoms with E-state index in [1.807, 2.05) is 0 Å². The van der Waals surface area contributed by atoms with Gasteiger partial charge in [-0.2, -0.15) is 0 Å². The first-order valence-electron chi connectivity index (χ1n) is 5.37. The van der Waals surface area contributed by atoms with Crippen LogP contribution in [0.15, 0.2) is 5.38 Å². The number of hydrogen-bond acceptors (Lipinski definition) is 3. The molecule has 1 aromatic heterocycles. The molecule has 2 nitrogen and oxygen atoms in total. The molecule has 1 unspecified atom stereocenters. The van der Waals surface area contributed by atoms with Gasteiger partial charge in [-0.1, -0.05) is 27.7 Å². The van der Waals surface area contributed by atoms with Crippen molar-refractivity contribution in [3.05, 3.63) is 10.3 Å². The van der Waals surface area contributed by atoms with Crippen LogP contribution >= 0.6 is 11.3 Å². The van der Waals surface area contributed by atoms with Gasteiger partial charge >= 0.3 is 0 Å². The van der Waals surface area contributed by atoms with Gasteiger partial charge in [-0.25, -0.2) is 0 Å². The maximum Gasteiger partial charge on any atom is 0.175 e. The minimum Gasteiger partial charge on any atom is -0.485 e. The molecule has 1 aliphatic rings. The van der Waals surface area contributed by atoms with Crippen LogP contribution in [0.1, 0.15) is 38.5 Å². The van der Waals surface area contributed by atoms with E-state index in [1.54, 1.807) is 11.3 Å². The molecule has 3 heteroatoms. The number of hydrogen-bond donors (Lipinski definition) is 0. The Morgan fingerprint density at radius 3 is 2.60 bits per heavy atom. The largest absolute Gasteiger partial charge is 0.485 e. The quantitative estimate of drug-likeness (QED) is 0.727. The molecule has 2 heterocycles. The molecule has 0 N–H and O–H groups in total. The van der Waals surface area contributed by atoms with Gasteiger partial charge in [0.25, 0.3) is 0 Å². The fraction of sp³-hybridized carbons (Fsp3) is 0.667. The van der Waals surface area contributed by atoms with Crippen molar-refractivity contribution >= 4 is 11.3 Å². The van der Waals surface area contributed by atoms with Gasteiger partial charge in [-0.3, -0.25) is 0 Å². The lowest BCUT2D eigenvalue weighted by Gasteiger charge is -2.28. The summed E-state index contributed by atoms with van der Waals surface area (Å²) in [5.74, 6) is 2.40. The van der Waals surface area contributed by atoms with Gasteiger partial charge in [0, 0.05) is 5.38 Å². The van der Waals surface area contributed by atoms with Crippen molar-refractivity contribution in [3.63, 3.8) is 0 Å². The molecule has 0 aliphatic carbocycles. The standard InChI is InChI=1S/C12H18O2S/c1-8(12(2,3)4)11-10-9(7-15-11)13-5-6-14-10/h7-8H,5-6H2,1-4H3. The van der Waals surface area contributed by atoms with Gasteiger partial charge in [0.2, 0.25) is 0 Å². The second-order valence-corrected chi connectivity index (χ2v) is 5.99. The first-order chi connectivity index (χ1) is 7.00. The smallest absolute Gasteiger partial charge is 0.175 e. The normalized spacial score (nSPS) is 17.6. The predicted molar refractivity (Wildman–Crippen MR) is 63.2 cm³/mol. The fourth-order valence-electron chi connectivity index (χ4n) is 1.57. The van der Waals surface area contributed by atoms with Crippen molar-refractivity contribution in [2.24, 2.45) is 5.41 Å². The molecule has 0 fully saturated rings. The van der Waals surface area contributed by atoms with E-state index in [-0.39, 0.29) is 5.41 Å². The number of thiophene rings is 1. The van der Waals surface area contributed by atoms with E-state index in [0.717, 1.165) is 11.5 Å². The second-order valence-electron chi connectivity index (χ2n) is 5.08. The summed E-state index contributed by atoms with van der Waals surface area (Å²) in [5.41, 5.74) is 0.263. The van der Waals surface area contributed by atoms with E-state index < -0.39 is 0 Å². The predicted octanol–water partition coefficient (Wildman–Crippen LogP) is 3.67. The molecule has 0 bridgehead atoms. The molecule has 15 heavy (non-hydrogen) atoms. The monoisotopic (exact) mass is 226 g/mol. The Morgan fingerprint density at radius 1 is 1.27 bits per heavy atom. The van der Waals surface area contributed by atoms with E-state index >= 15 is 0 Å². The lowest BCUT2D eigenvalue weighted by Crippen LogP contribution is -2.18. The molecular weight excluding hydrogens is 208 g/mol. The molecule has 0 aromatic carbocycles. The molecule has 1 aliphatic heterocycles. The molecule has 0 radical (unpaired) electrons. The summed E-state index contributed by atoms with van der Waals surface area (Å²) in [4.78, 5) is 1.32. The second kappa shape index (κ2) is 3.71. The highest BCUT2D eigenvalue weighted by Crippen LogP contribution is 2.48. The molecule has 84 valence electrons. The van der Waals surface area contributed by atoms with Crippen LogP contribution in [0, 0.1) is 5.41 Å². The van der Waals surface area contributed by atoms with Crippen LogP contribution in [0.2, 0.25) is 0 Å². The van der Waals surface area contributed by atoms with Crippen LogP contribution in [0.25, 0.3) is 0 Å². The van der Waals surface area contributed by atoms with E-state index in [9.17, 15) is 0 Å². The number of fused-ring (bicyclic) bond motifs is 1. The third-order valence-electron chi connectivity index (χ3n) is 3.02. The maximum atomic E-state index is 5.70. The van der Waals surface area contributed by atoms with Crippen LogP contribution in [-0.4, -0.2) is 13.2 Å². The minimum atomic E-state index is 0.263. The summed E-state index contributed by atoms with van der Waals surface area (Å²) in [6, 6.07) is 0. The minimum absolute atomic E-state index is 0.263. The Labute approximate surface area is 95.2 Å². The van der Waals surface area contributed by atoms with Crippen molar-refractivity contribution in [3.8, 4) is 11.5 Å². The molecule has 0 saturated heterocycles. The molecule has 1 atom stereocenters. The molecule has 2 rings (SSSR count). The third kappa shape index (κ3) is 1.98. The Kier molecular flexibility index (Phi) is 2.67. The Bertz CT molecular complexity index is 349. The third-order valence-corrected chi connectivity index (χ3v) is 4.14. The first-order valence-corrected chi connectivity index (χ1v) is 6.25. The van der Waals surface area contributed by atoms with Crippen LogP contribution in [0.5, 0.6) is 11.5 Å². The highest BCUT2D eigenvalue weighted by Gasteiger charge is 2.29. The highest BCUT2D eigenvalue weighted by molar-refractivity contribution is 7.10. The highest BCUT2D eigenvalue weighted by atomic mass is 32.1. The van der Waals surface area contributed by atoms with Crippen molar-refractivity contribution in [1.29, 1.82) is 0 Å². The van der Waals surface area contributed by atoms with E-state index in [0.29, 0.717) is 19.1 Å². The van der Waals surface area contributed by atoms with E-state index in [4.69, 9.17) is 9.47 Å². The zero-order valence-corrected chi connectivity index (χ0v) is 10.6. The van der Waals surface area contributed by atoms with Gasteiger partial charge < -0.3 is 9.47 Å². The molecule has 1 aromatic rings. The van der Waals surface area contributed by atoms with Gasteiger partial charge in [0.1, 0.15) is 13.2 Å². The Morgan fingerprint density at radius 2 is 1.93 bits per heavy atom. The summed E-state index contributed by atoms with van der Waals surface area (Å²) in [7, 11) is 0. The van der Waals surface area contributed by atoms with Crippen LogP contribution in [0.3, 0.4) is 0 Å². The summed E-state index contributed by atoms with van der Waals surface area (Å²) in [6.45, 7) is 10.4. The lowest BCUT2D eigenvalue weighted by atomic mass is 9.81. The maximum absolute atomic E-state index is 5.70. The summed E-state index contributed by atoms with van der Waals surface area (Å²) in [5, 5.41) is 2.06. The van der Waals surface area contributed by atoms with Crippen LogP contribution in [-0.2, 0) is 0 Å². The summed E-state index contributed by atoms with van der Waals surface area (Å²) >= 11 is 1.75. The average Bonchev–Trinajstić information content (AvgIpc) is 2.58. The van der Waals surface area contributed by atoms with Gasteiger partial charge in [-0.15, -0.1) is 11.3 Å². The summed E-state index contributed by atoms with van der Waals surface area (Å²) < 4.78 is 11.2. The van der Waals surface area contributed by atoms with Crippen molar-refractivity contribution in [2.75, 3.05) is 13.2 Å². The molecule has 0 amide bonds. The molecule has 0 saturated carbocycles. The van der Waals surface area contributed by atoms with E-state index in [2.05, 4.69) is 33.1 Å². The van der Waals surface area contributed by atoms with Gasteiger partial charge in [-0.05, 0) is 11.3 Å². The topological polar surface area (TPSA) is 18.5 Å². The fourth-order valence-corrected chi connectivity index (χ4v) is 2.81. The molecule has 0 spiro atoms. The zero-order valence-electron chi connectivity index (χ0n) is 9.79. The zero-order chi connectivity index (χ0) is 11.1. The Hall–Kier alpha value is -0.700. The average molecular weight is 226 g/mol. The lowest BCUT2D eigenvalue weighted by molar-refractivity contribution is 0.169. The van der Waals surface area contributed by atoms with Crippen LogP contribution < -0.4 is 9.47 Å². The van der Waals surface area contributed by atoms with Gasteiger partial charge in [0.15, 0.2) is 11.5 Å². The Balaban J connectivity index is 2.33. The number of rotatable bonds is 1. The van der Waals surface area contributed by atoms with Crippen molar-refractivity contribution in [2.45, 2.75) is 33.6 Å². The van der Waals surface area contributed by atoms with Crippen LogP contribution in [0.4, 0.5) is 0 Å².